The van der Waals surface area contributed by atoms with Crippen LogP contribution in [-0.4, -0.2) is 59.0 Å². The Morgan fingerprint density at radius 2 is 2.04 bits per heavy atom. The van der Waals surface area contributed by atoms with E-state index in [1.165, 1.54) is 24.4 Å². The molecule has 0 N–H and O–H groups in total. The van der Waals surface area contributed by atoms with Crippen molar-refractivity contribution in [2.24, 2.45) is 0 Å². The van der Waals surface area contributed by atoms with Gasteiger partial charge in [0.1, 0.15) is 5.82 Å². The summed E-state index contributed by atoms with van der Waals surface area (Å²) in [7, 11) is 0. The first-order chi connectivity index (χ1) is 13.1. The summed E-state index contributed by atoms with van der Waals surface area (Å²) in [5.74, 6) is -1.08. The molecule has 2 saturated heterocycles. The lowest BCUT2D eigenvalue weighted by molar-refractivity contribution is 0.0438. The van der Waals surface area contributed by atoms with E-state index in [2.05, 4.69) is 9.88 Å². The van der Waals surface area contributed by atoms with E-state index in [9.17, 15) is 13.6 Å². The minimum absolute atomic E-state index is 0.0167. The van der Waals surface area contributed by atoms with Gasteiger partial charge in [0, 0.05) is 55.6 Å². The number of amides is 1. The molecule has 1 aromatic heterocycles. The highest BCUT2D eigenvalue weighted by molar-refractivity contribution is 5.94. The number of hydrogen-bond donors (Lipinski definition) is 0. The van der Waals surface area contributed by atoms with Crippen LogP contribution in [-0.2, 0) is 11.3 Å². The van der Waals surface area contributed by atoms with Crippen LogP contribution in [0, 0.1) is 11.8 Å². The SMILES string of the molecule is O=C(c1ccnc(F)c1)N1CCN2C[C@@H](OCc3ccccc3F)C[C@H]2C1. The highest BCUT2D eigenvalue weighted by Crippen LogP contribution is 2.26. The summed E-state index contributed by atoms with van der Waals surface area (Å²) in [6, 6.07) is 9.53. The molecule has 27 heavy (non-hydrogen) atoms. The topological polar surface area (TPSA) is 45.7 Å². The van der Waals surface area contributed by atoms with Crippen LogP contribution in [0.3, 0.4) is 0 Å². The number of benzene rings is 1. The van der Waals surface area contributed by atoms with Crippen LogP contribution in [0.15, 0.2) is 42.6 Å². The summed E-state index contributed by atoms with van der Waals surface area (Å²) < 4.78 is 32.9. The minimum Gasteiger partial charge on any atom is -0.372 e. The van der Waals surface area contributed by atoms with Crippen molar-refractivity contribution in [3.63, 3.8) is 0 Å². The fraction of sp³-hybridized carbons (Fsp3) is 0.400. The van der Waals surface area contributed by atoms with E-state index in [1.54, 1.807) is 23.1 Å². The average molecular weight is 373 g/mol. The fourth-order valence-electron chi connectivity index (χ4n) is 3.84. The molecular weight excluding hydrogens is 352 g/mol. The maximum absolute atomic E-state index is 13.7. The molecule has 2 aliphatic rings. The molecule has 5 nitrogen and oxygen atoms in total. The number of hydrogen-bond acceptors (Lipinski definition) is 4. The third-order valence-corrected chi connectivity index (χ3v) is 5.27. The van der Waals surface area contributed by atoms with Gasteiger partial charge in [0.25, 0.3) is 5.91 Å². The van der Waals surface area contributed by atoms with Gasteiger partial charge in [-0.2, -0.15) is 4.39 Å². The van der Waals surface area contributed by atoms with Crippen LogP contribution in [0.25, 0.3) is 0 Å². The Bertz CT molecular complexity index is 832. The summed E-state index contributed by atoms with van der Waals surface area (Å²) in [6.07, 6.45) is 2.12. The van der Waals surface area contributed by atoms with E-state index in [4.69, 9.17) is 4.74 Å². The molecule has 142 valence electrons. The molecular formula is C20H21F2N3O2. The van der Waals surface area contributed by atoms with Crippen LogP contribution in [0.5, 0.6) is 0 Å². The van der Waals surface area contributed by atoms with Crippen molar-refractivity contribution in [3.8, 4) is 0 Å². The van der Waals surface area contributed by atoms with Crippen molar-refractivity contribution < 1.29 is 18.3 Å². The van der Waals surface area contributed by atoms with E-state index in [0.717, 1.165) is 19.5 Å². The molecule has 2 aromatic rings. The zero-order valence-electron chi connectivity index (χ0n) is 14.9. The molecule has 0 radical (unpaired) electrons. The van der Waals surface area contributed by atoms with Crippen LogP contribution in [0.1, 0.15) is 22.3 Å². The highest BCUT2D eigenvalue weighted by atomic mass is 19.1. The monoisotopic (exact) mass is 373 g/mol. The second-order valence-electron chi connectivity index (χ2n) is 7.03. The predicted octanol–water partition coefficient (Wildman–Crippen LogP) is 2.48. The average Bonchev–Trinajstić information content (AvgIpc) is 3.09. The number of halogens is 2. The van der Waals surface area contributed by atoms with Crippen LogP contribution in [0.2, 0.25) is 0 Å². The van der Waals surface area contributed by atoms with E-state index in [-0.39, 0.29) is 30.5 Å². The first-order valence-electron chi connectivity index (χ1n) is 9.10. The normalized spacial score (nSPS) is 22.7. The first kappa shape index (κ1) is 18.0. The maximum atomic E-state index is 13.7. The lowest BCUT2D eigenvalue weighted by atomic mass is 10.1. The molecule has 0 unspecified atom stereocenters. The van der Waals surface area contributed by atoms with Gasteiger partial charge >= 0.3 is 0 Å². The number of piperazine rings is 1. The Hall–Kier alpha value is -2.38. The van der Waals surface area contributed by atoms with Gasteiger partial charge in [-0.25, -0.2) is 9.37 Å². The number of rotatable bonds is 4. The lowest BCUT2D eigenvalue weighted by Gasteiger charge is -2.37. The van der Waals surface area contributed by atoms with Crippen LogP contribution in [0.4, 0.5) is 8.78 Å². The highest BCUT2D eigenvalue weighted by Gasteiger charge is 2.38. The molecule has 4 rings (SSSR count). The van der Waals surface area contributed by atoms with Crippen molar-refractivity contribution in [1.29, 1.82) is 0 Å². The Morgan fingerprint density at radius 1 is 1.19 bits per heavy atom. The molecule has 0 aliphatic carbocycles. The Labute approximate surface area is 156 Å². The Kier molecular flexibility index (Phi) is 5.13. The third-order valence-electron chi connectivity index (χ3n) is 5.27. The van der Waals surface area contributed by atoms with E-state index in [1.807, 2.05) is 0 Å². The van der Waals surface area contributed by atoms with Crippen molar-refractivity contribution in [3.05, 3.63) is 65.5 Å². The molecule has 2 aliphatic heterocycles. The standard InChI is InChI=1S/C20H21F2N3O2/c21-18-4-2-1-3-15(18)13-27-17-10-16-11-25(8-7-24(16)12-17)20(26)14-5-6-23-19(22)9-14/h1-6,9,16-17H,7-8,10-13H2/t16-,17-/m0/s1. The van der Waals surface area contributed by atoms with Crippen molar-refractivity contribution >= 4 is 5.91 Å². The van der Waals surface area contributed by atoms with E-state index >= 15 is 0 Å². The van der Waals surface area contributed by atoms with Gasteiger partial charge in [0.15, 0.2) is 0 Å². The second kappa shape index (κ2) is 7.70. The Morgan fingerprint density at radius 3 is 2.85 bits per heavy atom. The number of aromatic nitrogens is 1. The van der Waals surface area contributed by atoms with Crippen molar-refractivity contribution in [1.82, 2.24) is 14.8 Å². The molecule has 0 spiro atoms. The number of nitrogens with zero attached hydrogens (tertiary/aromatic N) is 3. The largest absolute Gasteiger partial charge is 0.372 e. The maximum Gasteiger partial charge on any atom is 0.254 e. The van der Waals surface area contributed by atoms with Crippen LogP contribution >= 0.6 is 0 Å². The van der Waals surface area contributed by atoms with Gasteiger partial charge in [-0.3, -0.25) is 9.69 Å². The van der Waals surface area contributed by atoms with Gasteiger partial charge in [-0.1, -0.05) is 18.2 Å². The van der Waals surface area contributed by atoms with Gasteiger partial charge in [0.05, 0.1) is 12.7 Å². The summed E-state index contributed by atoms with van der Waals surface area (Å²) >= 11 is 0. The van der Waals surface area contributed by atoms with E-state index < -0.39 is 5.95 Å². The first-order valence-corrected chi connectivity index (χ1v) is 9.10. The lowest BCUT2D eigenvalue weighted by Crippen LogP contribution is -2.52. The van der Waals surface area contributed by atoms with Gasteiger partial charge in [-0.15, -0.1) is 0 Å². The van der Waals surface area contributed by atoms with Crippen molar-refractivity contribution in [2.75, 3.05) is 26.2 Å². The number of carbonyl (C=O) groups is 1. The van der Waals surface area contributed by atoms with E-state index in [0.29, 0.717) is 24.2 Å². The molecule has 1 amide bonds. The summed E-state index contributed by atoms with van der Waals surface area (Å²) in [6.45, 7) is 2.97. The molecule has 1 aromatic carbocycles. The molecule has 3 heterocycles. The van der Waals surface area contributed by atoms with Crippen LogP contribution < -0.4 is 0 Å². The number of fused-ring (bicyclic) bond motifs is 1. The van der Waals surface area contributed by atoms with Gasteiger partial charge < -0.3 is 9.64 Å². The smallest absolute Gasteiger partial charge is 0.254 e. The zero-order chi connectivity index (χ0) is 18.8. The van der Waals surface area contributed by atoms with Gasteiger partial charge in [-0.05, 0) is 18.6 Å². The van der Waals surface area contributed by atoms with Crippen molar-refractivity contribution in [2.45, 2.75) is 25.2 Å². The Balaban J connectivity index is 1.34. The van der Waals surface area contributed by atoms with Gasteiger partial charge in [0.2, 0.25) is 5.95 Å². The second-order valence-corrected chi connectivity index (χ2v) is 7.03. The summed E-state index contributed by atoms with van der Waals surface area (Å²) in [4.78, 5) is 20.2. The number of ether oxygens (including phenoxy) is 1. The zero-order valence-corrected chi connectivity index (χ0v) is 14.9. The third kappa shape index (κ3) is 3.99. The molecule has 2 fully saturated rings. The molecule has 0 bridgehead atoms. The fourth-order valence-corrected chi connectivity index (χ4v) is 3.84. The number of carbonyl (C=O) groups excluding carboxylic acids is 1. The summed E-state index contributed by atoms with van der Waals surface area (Å²) in [5.41, 5.74) is 0.875. The predicted molar refractivity (Wildman–Crippen MR) is 95.1 cm³/mol. The molecule has 0 saturated carbocycles. The molecule has 7 heteroatoms. The summed E-state index contributed by atoms with van der Waals surface area (Å²) in [5, 5.41) is 0. The number of pyridine rings is 1. The minimum atomic E-state index is -0.651. The molecule has 2 atom stereocenters. The quantitative estimate of drug-likeness (QED) is 0.773.